The van der Waals surface area contributed by atoms with Gasteiger partial charge in [-0.2, -0.15) is 0 Å². The third-order valence-electron chi connectivity index (χ3n) is 2.00. The Morgan fingerprint density at radius 3 is 2.53 bits per heavy atom. The molecule has 0 radical (unpaired) electrons. The Labute approximate surface area is 105 Å². The first-order chi connectivity index (χ1) is 7.86. The fraction of sp³-hybridized carbons (Fsp3) is 0.778. The van der Waals surface area contributed by atoms with Crippen LogP contribution in [-0.2, 0) is 26.9 Å². The van der Waals surface area contributed by atoms with Crippen LogP contribution in [0, 0.1) is 0 Å². The molecule has 0 fully saturated rings. The summed E-state index contributed by atoms with van der Waals surface area (Å²) in [7, 11) is 1.42. The van der Waals surface area contributed by atoms with E-state index in [0.717, 1.165) is 6.42 Å². The van der Waals surface area contributed by atoms with Crippen LogP contribution >= 0.6 is 10.7 Å². The van der Waals surface area contributed by atoms with E-state index >= 15 is 0 Å². The lowest BCUT2D eigenvalue weighted by Crippen LogP contribution is -2.12. The van der Waals surface area contributed by atoms with Gasteiger partial charge >= 0.3 is 0 Å². The zero-order valence-corrected chi connectivity index (χ0v) is 11.6. The quantitative estimate of drug-likeness (QED) is 0.740. The Balaban J connectivity index is 3.02. The Morgan fingerprint density at radius 2 is 2.06 bits per heavy atom. The van der Waals surface area contributed by atoms with E-state index in [2.05, 4.69) is 10.2 Å². The second-order valence-electron chi connectivity index (χ2n) is 3.85. The van der Waals surface area contributed by atoms with Crippen LogP contribution in [-0.4, -0.2) is 29.3 Å². The summed E-state index contributed by atoms with van der Waals surface area (Å²) in [5.74, 6) is 0.472. The molecule has 0 aliphatic rings. The minimum atomic E-state index is -3.87. The number of halogens is 1. The first-order valence-electron chi connectivity index (χ1n) is 5.34. The van der Waals surface area contributed by atoms with E-state index in [1.54, 1.807) is 0 Å². The van der Waals surface area contributed by atoms with Crippen LogP contribution in [0.2, 0.25) is 0 Å². The van der Waals surface area contributed by atoms with Crippen molar-refractivity contribution in [1.29, 1.82) is 0 Å². The fourth-order valence-electron chi connectivity index (χ4n) is 1.30. The molecule has 0 aliphatic carbocycles. The molecule has 0 bridgehead atoms. The first kappa shape index (κ1) is 14.4. The first-order valence-corrected chi connectivity index (χ1v) is 7.65. The van der Waals surface area contributed by atoms with Crippen molar-refractivity contribution < 1.29 is 13.2 Å². The third-order valence-corrected chi connectivity index (χ3v) is 3.16. The molecule has 8 heteroatoms. The maximum Gasteiger partial charge on any atom is 0.296 e. The van der Waals surface area contributed by atoms with E-state index in [1.165, 1.54) is 4.57 Å². The predicted octanol–water partition coefficient (Wildman–Crippen LogP) is 1.54. The molecular weight excluding hydrogens is 266 g/mol. The fourth-order valence-corrected chi connectivity index (χ4v) is 2.24. The van der Waals surface area contributed by atoms with Crippen LogP contribution in [0.25, 0.3) is 0 Å². The van der Waals surface area contributed by atoms with Crippen molar-refractivity contribution in [2.75, 3.05) is 0 Å². The lowest BCUT2D eigenvalue weighted by Gasteiger charge is -2.09. The molecule has 0 N–H and O–H groups in total. The zero-order chi connectivity index (χ0) is 13.1. The molecule has 98 valence electrons. The van der Waals surface area contributed by atoms with Crippen molar-refractivity contribution in [2.45, 2.75) is 51.6 Å². The number of nitrogens with zero attached hydrogens (tertiary/aromatic N) is 3. The molecule has 1 aromatic heterocycles. The van der Waals surface area contributed by atoms with Gasteiger partial charge in [0.05, 0.1) is 6.10 Å². The van der Waals surface area contributed by atoms with E-state index in [-0.39, 0.29) is 17.9 Å². The van der Waals surface area contributed by atoms with Crippen molar-refractivity contribution >= 4 is 19.7 Å². The molecule has 0 unspecified atom stereocenters. The van der Waals surface area contributed by atoms with E-state index in [0.29, 0.717) is 12.4 Å². The third kappa shape index (κ3) is 3.93. The number of aromatic nitrogens is 3. The van der Waals surface area contributed by atoms with Crippen molar-refractivity contribution in [1.82, 2.24) is 14.8 Å². The minimum absolute atomic E-state index is 0.0397. The van der Waals surface area contributed by atoms with Gasteiger partial charge in [-0.15, -0.1) is 10.2 Å². The summed E-state index contributed by atoms with van der Waals surface area (Å²) in [6, 6.07) is 0. The lowest BCUT2D eigenvalue weighted by molar-refractivity contribution is 0.0589. The van der Waals surface area contributed by atoms with Gasteiger partial charge in [-0.3, -0.25) is 4.57 Å². The monoisotopic (exact) mass is 281 g/mol. The summed E-state index contributed by atoms with van der Waals surface area (Å²) in [5.41, 5.74) is 0. The molecule has 0 spiro atoms. The van der Waals surface area contributed by atoms with Crippen LogP contribution < -0.4 is 0 Å². The van der Waals surface area contributed by atoms with Crippen LogP contribution in [0.15, 0.2) is 5.16 Å². The van der Waals surface area contributed by atoms with Gasteiger partial charge in [-0.1, -0.05) is 6.92 Å². The smallest absolute Gasteiger partial charge is 0.296 e. The standard InChI is InChI=1S/C9H16ClN3O3S/c1-4-5-13-8(6-16-7(2)3)11-12-9(13)17(10,14)15/h7H,4-6H2,1-3H3. The highest BCUT2D eigenvalue weighted by molar-refractivity contribution is 8.13. The molecule has 1 heterocycles. The maximum absolute atomic E-state index is 11.3. The highest BCUT2D eigenvalue weighted by atomic mass is 35.7. The summed E-state index contributed by atoms with van der Waals surface area (Å²) in [6.07, 6.45) is 0.796. The van der Waals surface area contributed by atoms with Gasteiger partial charge in [0.1, 0.15) is 6.61 Å². The minimum Gasteiger partial charge on any atom is -0.371 e. The Morgan fingerprint density at radius 1 is 1.41 bits per heavy atom. The van der Waals surface area contributed by atoms with Gasteiger partial charge < -0.3 is 4.74 Å². The predicted molar refractivity (Wildman–Crippen MR) is 63.3 cm³/mol. The summed E-state index contributed by atoms with van der Waals surface area (Å²) in [5, 5.41) is 7.18. The van der Waals surface area contributed by atoms with E-state index in [1.807, 2.05) is 20.8 Å². The summed E-state index contributed by atoms with van der Waals surface area (Å²) in [4.78, 5) is 0. The van der Waals surface area contributed by atoms with Crippen molar-refractivity contribution in [3.63, 3.8) is 0 Å². The van der Waals surface area contributed by atoms with E-state index < -0.39 is 9.05 Å². The molecular formula is C9H16ClN3O3S. The number of hydrogen-bond donors (Lipinski definition) is 0. The number of rotatable bonds is 6. The highest BCUT2D eigenvalue weighted by Gasteiger charge is 2.22. The van der Waals surface area contributed by atoms with Crippen LogP contribution in [0.3, 0.4) is 0 Å². The molecule has 0 saturated carbocycles. The zero-order valence-electron chi connectivity index (χ0n) is 10.1. The van der Waals surface area contributed by atoms with Crippen LogP contribution in [0.5, 0.6) is 0 Å². The number of ether oxygens (including phenoxy) is 1. The lowest BCUT2D eigenvalue weighted by atomic mass is 10.4. The molecule has 0 atom stereocenters. The normalized spacial score (nSPS) is 12.3. The molecule has 0 saturated heterocycles. The van der Waals surface area contributed by atoms with Gasteiger partial charge in [0.25, 0.3) is 14.2 Å². The number of hydrogen-bond acceptors (Lipinski definition) is 5. The average molecular weight is 282 g/mol. The molecule has 1 aromatic rings. The molecule has 6 nitrogen and oxygen atoms in total. The van der Waals surface area contributed by atoms with Gasteiger partial charge in [0.2, 0.25) is 0 Å². The van der Waals surface area contributed by atoms with Crippen molar-refractivity contribution in [3.8, 4) is 0 Å². The average Bonchev–Trinajstić information content (AvgIpc) is 2.58. The highest BCUT2D eigenvalue weighted by Crippen LogP contribution is 2.15. The van der Waals surface area contributed by atoms with Crippen molar-refractivity contribution in [2.24, 2.45) is 0 Å². The topological polar surface area (TPSA) is 74.1 Å². The molecule has 0 aliphatic heterocycles. The second-order valence-corrected chi connectivity index (χ2v) is 6.31. The van der Waals surface area contributed by atoms with Gasteiger partial charge in [-0.25, -0.2) is 8.42 Å². The van der Waals surface area contributed by atoms with E-state index in [4.69, 9.17) is 15.4 Å². The molecule has 1 rings (SSSR count). The molecule has 0 aromatic carbocycles. The van der Waals surface area contributed by atoms with Crippen LogP contribution in [0.1, 0.15) is 33.0 Å². The Kier molecular flexibility index (Phi) is 4.91. The largest absolute Gasteiger partial charge is 0.371 e. The second kappa shape index (κ2) is 5.79. The summed E-state index contributed by atoms with van der Waals surface area (Å²) >= 11 is 0. The molecule has 0 amide bonds. The summed E-state index contributed by atoms with van der Waals surface area (Å²) < 4.78 is 29.4. The SMILES string of the molecule is CCCn1c(COC(C)C)nnc1S(=O)(=O)Cl. The van der Waals surface area contributed by atoms with Crippen LogP contribution in [0.4, 0.5) is 0 Å². The summed E-state index contributed by atoms with van der Waals surface area (Å²) in [6.45, 7) is 6.42. The van der Waals surface area contributed by atoms with Crippen molar-refractivity contribution in [3.05, 3.63) is 5.82 Å². The molecule has 17 heavy (non-hydrogen) atoms. The van der Waals surface area contributed by atoms with E-state index in [9.17, 15) is 8.42 Å². The maximum atomic E-state index is 11.3. The van der Waals surface area contributed by atoms with Gasteiger partial charge in [0.15, 0.2) is 5.82 Å². The Hall–Kier alpha value is -0.660. The van der Waals surface area contributed by atoms with Gasteiger partial charge in [-0.05, 0) is 20.3 Å². The Bertz CT molecular complexity index is 470. The van der Waals surface area contributed by atoms with Gasteiger partial charge in [0, 0.05) is 17.2 Å².